The molecule has 1 atom stereocenters. The van der Waals surface area contributed by atoms with Gasteiger partial charge in [-0.25, -0.2) is 0 Å². The molecule has 0 aliphatic rings. The van der Waals surface area contributed by atoms with Gasteiger partial charge in [0, 0.05) is 11.6 Å². The van der Waals surface area contributed by atoms with Crippen LogP contribution in [0.25, 0.3) is 0 Å². The Bertz CT molecular complexity index is 667. The van der Waals surface area contributed by atoms with E-state index in [0.717, 1.165) is 10.6 Å². The highest BCUT2D eigenvalue weighted by Crippen LogP contribution is 2.48. The molecule has 1 unspecified atom stereocenters. The minimum absolute atomic E-state index is 0.351. The Labute approximate surface area is 142 Å². The standard InChI is InChI=1S/C18H22NO2PS/c1-18(2,3)19-16(17(20)21)22(23,14-10-6-4-7-11-14)15-12-8-5-9-13-15/h4-13,16,19H,1-3H3,(H,20,21). The third kappa shape index (κ3) is 4.08. The van der Waals surface area contributed by atoms with Crippen molar-refractivity contribution >= 4 is 34.4 Å². The van der Waals surface area contributed by atoms with Gasteiger partial charge in [0.2, 0.25) is 0 Å². The van der Waals surface area contributed by atoms with Gasteiger partial charge in [0.15, 0.2) is 0 Å². The van der Waals surface area contributed by atoms with E-state index in [4.69, 9.17) is 11.8 Å². The Morgan fingerprint density at radius 3 is 1.70 bits per heavy atom. The predicted octanol–water partition coefficient (Wildman–Crippen LogP) is 2.92. The number of hydrogen-bond acceptors (Lipinski definition) is 3. The summed E-state index contributed by atoms with van der Waals surface area (Å²) >= 11 is 6.07. The summed E-state index contributed by atoms with van der Waals surface area (Å²) in [5, 5.41) is 14.9. The van der Waals surface area contributed by atoms with Crippen LogP contribution < -0.4 is 15.9 Å². The number of benzene rings is 2. The summed E-state index contributed by atoms with van der Waals surface area (Å²) < 4.78 is 0. The van der Waals surface area contributed by atoms with Crippen molar-refractivity contribution in [2.75, 3.05) is 0 Å². The molecule has 0 aliphatic carbocycles. The van der Waals surface area contributed by atoms with Crippen LogP contribution in [0, 0.1) is 0 Å². The van der Waals surface area contributed by atoms with Gasteiger partial charge in [-0.3, -0.25) is 10.1 Å². The lowest BCUT2D eigenvalue weighted by atomic mass is 10.1. The lowest BCUT2D eigenvalue weighted by Gasteiger charge is -2.35. The molecular weight excluding hydrogens is 325 g/mol. The minimum atomic E-state index is -2.56. The van der Waals surface area contributed by atoms with Crippen molar-refractivity contribution in [1.82, 2.24) is 5.32 Å². The minimum Gasteiger partial charge on any atom is -0.480 e. The van der Waals surface area contributed by atoms with E-state index >= 15 is 0 Å². The van der Waals surface area contributed by atoms with E-state index in [9.17, 15) is 9.90 Å². The van der Waals surface area contributed by atoms with Crippen LogP contribution in [0.3, 0.4) is 0 Å². The lowest BCUT2D eigenvalue weighted by Crippen LogP contribution is -2.50. The quantitative estimate of drug-likeness (QED) is 0.817. The van der Waals surface area contributed by atoms with E-state index in [2.05, 4.69) is 5.32 Å². The van der Waals surface area contributed by atoms with Crippen molar-refractivity contribution in [3.8, 4) is 0 Å². The topological polar surface area (TPSA) is 49.3 Å². The first kappa shape index (κ1) is 17.9. The van der Waals surface area contributed by atoms with E-state index in [-0.39, 0.29) is 5.54 Å². The molecule has 2 N–H and O–H groups in total. The highest BCUT2D eigenvalue weighted by atomic mass is 32.4. The molecular formula is C18H22NO2PS. The van der Waals surface area contributed by atoms with Crippen LogP contribution in [0.15, 0.2) is 60.7 Å². The molecule has 5 heteroatoms. The van der Waals surface area contributed by atoms with Gasteiger partial charge in [-0.15, -0.1) is 0 Å². The van der Waals surface area contributed by atoms with Gasteiger partial charge < -0.3 is 5.11 Å². The monoisotopic (exact) mass is 347 g/mol. The first-order chi connectivity index (χ1) is 10.7. The highest BCUT2D eigenvalue weighted by Gasteiger charge is 2.39. The molecule has 0 spiro atoms. The summed E-state index contributed by atoms with van der Waals surface area (Å²) in [7, 11) is 0. The smallest absolute Gasteiger partial charge is 0.326 e. The lowest BCUT2D eigenvalue weighted by molar-refractivity contribution is -0.137. The molecule has 0 amide bonds. The first-order valence-electron chi connectivity index (χ1n) is 7.46. The Morgan fingerprint density at radius 1 is 1.00 bits per heavy atom. The molecule has 0 aromatic heterocycles. The second-order valence-corrected chi connectivity index (χ2v) is 11.1. The Hall–Kier alpha value is -1.48. The third-order valence-electron chi connectivity index (χ3n) is 3.45. The molecule has 0 saturated carbocycles. The van der Waals surface area contributed by atoms with Gasteiger partial charge in [-0.05, 0) is 31.4 Å². The number of nitrogens with one attached hydrogen (secondary N) is 1. The molecule has 2 aromatic carbocycles. The van der Waals surface area contributed by atoms with Crippen LogP contribution >= 0.6 is 6.04 Å². The normalized spacial score (nSPS) is 13.5. The van der Waals surface area contributed by atoms with Gasteiger partial charge in [0.05, 0.1) is 0 Å². The zero-order valence-corrected chi connectivity index (χ0v) is 15.3. The summed E-state index contributed by atoms with van der Waals surface area (Å²) in [6, 6.07) is 16.7. The van der Waals surface area contributed by atoms with Gasteiger partial charge in [0.25, 0.3) is 0 Å². The zero-order valence-electron chi connectivity index (χ0n) is 13.6. The van der Waals surface area contributed by atoms with Gasteiger partial charge in [-0.1, -0.05) is 72.5 Å². The molecule has 2 rings (SSSR count). The molecule has 0 fully saturated rings. The van der Waals surface area contributed by atoms with Crippen LogP contribution in [-0.4, -0.2) is 22.4 Å². The number of carbonyl (C=O) groups is 1. The fourth-order valence-corrected chi connectivity index (χ4v) is 6.63. The molecule has 23 heavy (non-hydrogen) atoms. The van der Waals surface area contributed by atoms with Crippen molar-refractivity contribution in [1.29, 1.82) is 0 Å². The number of hydrogen-bond donors (Lipinski definition) is 2. The average molecular weight is 347 g/mol. The molecule has 0 radical (unpaired) electrons. The Balaban J connectivity index is 2.66. The molecule has 0 heterocycles. The van der Waals surface area contributed by atoms with E-state index < -0.39 is 17.8 Å². The van der Waals surface area contributed by atoms with Crippen molar-refractivity contribution in [2.45, 2.75) is 32.1 Å². The van der Waals surface area contributed by atoms with Gasteiger partial charge in [-0.2, -0.15) is 0 Å². The number of rotatable bonds is 5. The number of aliphatic carboxylic acids is 1. The van der Waals surface area contributed by atoms with Gasteiger partial charge >= 0.3 is 5.97 Å². The molecule has 0 aliphatic heterocycles. The SMILES string of the molecule is CC(C)(C)NC(C(=O)O)P(=S)(c1ccccc1)c1ccccc1. The number of carboxylic acids is 1. The zero-order chi connectivity index (χ0) is 17.1. The summed E-state index contributed by atoms with van der Waals surface area (Å²) in [5.41, 5.74) is -0.351. The summed E-state index contributed by atoms with van der Waals surface area (Å²) in [6.45, 7) is 5.87. The Kier molecular flexibility index (Phi) is 5.41. The van der Waals surface area contributed by atoms with Crippen LogP contribution in [0.2, 0.25) is 0 Å². The van der Waals surface area contributed by atoms with Gasteiger partial charge in [0.1, 0.15) is 5.78 Å². The van der Waals surface area contributed by atoms with E-state index in [1.165, 1.54) is 0 Å². The van der Waals surface area contributed by atoms with E-state index in [1.807, 2.05) is 81.4 Å². The van der Waals surface area contributed by atoms with E-state index in [1.54, 1.807) is 0 Å². The number of carboxylic acid groups (broad SMARTS) is 1. The van der Waals surface area contributed by atoms with Crippen LogP contribution in [-0.2, 0) is 16.6 Å². The van der Waals surface area contributed by atoms with Crippen molar-refractivity contribution in [3.05, 3.63) is 60.7 Å². The van der Waals surface area contributed by atoms with Crippen LogP contribution in [0.4, 0.5) is 0 Å². The van der Waals surface area contributed by atoms with Crippen molar-refractivity contribution < 1.29 is 9.90 Å². The highest BCUT2D eigenvalue weighted by molar-refractivity contribution is 8.22. The summed E-state index contributed by atoms with van der Waals surface area (Å²) in [6.07, 6.45) is 0. The fraction of sp³-hybridized carbons (Fsp3) is 0.278. The fourth-order valence-electron chi connectivity index (χ4n) is 2.46. The molecule has 3 nitrogen and oxygen atoms in total. The second-order valence-electron chi connectivity index (χ2n) is 6.46. The summed E-state index contributed by atoms with van der Waals surface area (Å²) in [4.78, 5) is 12.1. The van der Waals surface area contributed by atoms with Crippen LogP contribution in [0.5, 0.6) is 0 Å². The Morgan fingerprint density at radius 2 is 1.39 bits per heavy atom. The maximum absolute atomic E-state index is 12.1. The second kappa shape index (κ2) is 6.96. The van der Waals surface area contributed by atoms with Crippen molar-refractivity contribution in [3.63, 3.8) is 0 Å². The summed E-state index contributed by atoms with van der Waals surface area (Å²) in [5.74, 6) is -1.72. The van der Waals surface area contributed by atoms with E-state index in [0.29, 0.717) is 0 Å². The van der Waals surface area contributed by atoms with Crippen molar-refractivity contribution in [2.24, 2.45) is 0 Å². The molecule has 0 bridgehead atoms. The largest absolute Gasteiger partial charge is 0.480 e. The molecule has 122 valence electrons. The average Bonchev–Trinajstić information content (AvgIpc) is 2.52. The maximum Gasteiger partial charge on any atom is 0.326 e. The van der Waals surface area contributed by atoms with Crippen LogP contribution in [0.1, 0.15) is 20.8 Å². The maximum atomic E-state index is 12.1. The third-order valence-corrected chi connectivity index (χ3v) is 8.55. The predicted molar refractivity (Wildman–Crippen MR) is 101 cm³/mol. The molecule has 2 aromatic rings. The first-order valence-corrected chi connectivity index (χ1v) is 10.3. The molecule has 0 saturated heterocycles.